The van der Waals surface area contributed by atoms with Crippen LogP contribution in [-0.4, -0.2) is 19.1 Å². The minimum atomic E-state index is 0.595. The summed E-state index contributed by atoms with van der Waals surface area (Å²) in [6.07, 6.45) is 0. The zero-order valence-electron chi connectivity index (χ0n) is 30.7. The van der Waals surface area contributed by atoms with Gasteiger partial charge < -0.3 is 8.98 Å². The number of furan rings is 1. The lowest BCUT2D eigenvalue weighted by Crippen LogP contribution is -2.04. The molecule has 12 aromatic rings. The average Bonchev–Trinajstić information content (AvgIpc) is 3.94. The van der Waals surface area contributed by atoms with Gasteiger partial charge in [0.1, 0.15) is 11.2 Å². The number of benzene rings is 8. The van der Waals surface area contributed by atoms with Crippen molar-refractivity contribution < 1.29 is 4.42 Å². The number of aromatic nitrogens is 4. The van der Waals surface area contributed by atoms with E-state index in [2.05, 4.69) is 185 Å². The molecule has 0 spiro atoms. The van der Waals surface area contributed by atoms with Crippen LogP contribution in [0.5, 0.6) is 0 Å². The number of nitrogens with zero attached hydrogens (tertiary/aromatic N) is 4. The largest absolute Gasteiger partial charge is 0.455 e. The number of para-hydroxylation sites is 4. The minimum Gasteiger partial charge on any atom is -0.455 e. The summed E-state index contributed by atoms with van der Waals surface area (Å²) in [5.74, 6) is 0.595. The lowest BCUT2D eigenvalue weighted by atomic mass is 9.97. The molecular weight excluding hydrogens is 697 g/mol. The Kier molecular flexibility index (Phi) is 6.86. The highest BCUT2D eigenvalue weighted by Gasteiger charge is 2.25. The summed E-state index contributed by atoms with van der Waals surface area (Å²) in [4.78, 5) is 10.8. The van der Waals surface area contributed by atoms with Gasteiger partial charge in [-0.3, -0.25) is 4.57 Å². The first-order valence-electron chi connectivity index (χ1n) is 19.3. The van der Waals surface area contributed by atoms with E-state index in [0.717, 1.165) is 88.6 Å². The van der Waals surface area contributed by atoms with E-state index in [4.69, 9.17) is 14.4 Å². The van der Waals surface area contributed by atoms with E-state index in [9.17, 15) is 0 Å². The summed E-state index contributed by atoms with van der Waals surface area (Å²) >= 11 is 0. The average molecular weight is 729 g/mol. The maximum Gasteiger partial charge on any atom is 0.235 e. The topological polar surface area (TPSA) is 48.8 Å². The maximum absolute atomic E-state index is 6.83. The van der Waals surface area contributed by atoms with Gasteiger partial charge in [0.25, 0.3) is 0 Å². The third kappa shape index (κ3) is 4.82. The number of rotatable bonds is 5. The summed E-state index contributed by atoms with van der Waals surface area (Å²) in [6.45, 7) is 0. The van der Waals surface area contributed by atoms with Crippen LogP contribution in [0.3, 0.4) is 0 Å². The fourth-order valence-electron chi connectivity index (χ4n) is 8.80. The van der Waals surface area contributed by atoms with Gasteiger partial charge >= 0.3 is 0 Å². The van der Waals surface area contributed by atoms with Crippen molar-refractivity contribution in [2.75, 3.05) is 0 Å². The second kappa shape index (κ2) is 12.4. The number of hydrogen-bond donors (Lipinski definition) is 0. The fraction of sp³-hybridized carbons (Fsp3) is 0. The van der Waals surface area contributed by atoms with Gasteiger partial charge in [0, 0.05) is 49.3 Å². The molecule has 5 nitrogen and oxygen atoms in total. The SMILES string of the molecule is c1ccc(-c2cc(-c3ccccc3)nc(-n3c4ccccc4c4c5oc6ccccc6c5cc(-c5ccc6c7ccccc7n(-c7ccccc7)c6c5)c43)n2)cc1. The van der Waals surface area contributed by atoms with Gasteiger partial charge in [0.05, 0.1) is 38.8 Å². The molecule has 4 heterocycles. The number of hydrogen-bond acceptors (Lipinski definition) is 3. The Morgan fingerprint density at radius 2 is 0.947 bits per heavy atom. The Morgan fingerprint density at radius 3 is 1.65 bits per heavy atom. The van der Waals surface area contributed by atoms with Crippen LogP contribution in [0.25, 0.3) is 111 Å². The number of fused-ring (bicyclic) bond motifs is 10. The monoisotopic (exact) mass is 728 g/mol. The summed E-state index contributed by atoms with van der Waals surface area (Å²) in [6, 6.07) is 68.3. The van der Waals surface area contributed by atoms with E-state index in [0.29, 0.717) is 5.95 Å². The Labute approximate surface area is 327 Å². The highest BCUT2D eigenvalue weighted by Crippen LogP contribution is 2.46. The Morgan fingerprint density at radius 1 is 0.386 bits per heavy atom. The smallest absolute Gasteiger partial charge is 0.235 e. The van der Waals surface area contributed by atoms with E-state index in [1.165, 1.54) is 16.3 Å². The molecule has 0 aliphatic heterocycles. The van der Waals surface area contributed by atoms with Gasteiger partial charge in [-0.2, -0.15) is 0 Å². The Hall–Kier alpha value is -7.76. The summed E-state index contributed by atoms with van der Waals surface area (Å²) < 4.78 is 11.5. The van der Waals surface area contributed by atoms with Crippen molar-refractivity contribution in [3.8, 4) is 45.3 Å². The van der Waals surface area contributed by atoms with E-state index in [-0.39, 0.29) is 0 Å². The molecule has 0 amide bonds. The van der Waals surface area contributed by atoms with Crippen molar-refractivity contribution in [1.82, 2.24) is 19.1 Å². The van der Waals surface area contributed by atoms with Crippen LogP contribution >= 0.6 is 0 Å². The van der Waals surface area contributed by atoms with Crippen molar-refractivity contribution in [3.63, 3.8) is 0 Å². The highest BCUT2D eigenvalue weighted by atomic mass is 16.3. The van der Waals surface area contributed by atoms with E-state index >= 15 is 0 Å². The first-order chi connectivity index (χ1) is 28.3. The van der Waals surface area contributed by atoms with E-state index in [1.807, 2.05) is 18.2 Å². The van der Waals surface area contributed by atoms with Crippen LogP contribution in [0.4, 0.5) is 0 Å². The molecule has 4 aromatic heterocycles. The molecule has 0 atom stereocenters. The minimum absolute atomic E-state index is 0.595. The molecule has 0 saturated heterocycles. The van der Waals surface area contributed by atoms with E-state index in [1.54, 1.807) is 0 Å². The van der Waals surface area contributed by atoms with Crippen LogP contribution < -0.4 is 0 Å². The van der Waals surface area contributed by atoms with Crippen LogP contribution in [0.1, 0.15) is 0 Å². The lowest BCUT2D eigenvalue weighted by molar-refractivity contribution is 0.673. The molecule has 0 unspecified atom stereocenters. The molecular formula is C52H32N4O. The van der Waals surface area contributed by atoms with Crippen molar-refractivity contribution >= 4 is 65.6 Å². The molecule has 0 radical (unpaired) electrons. The summed E-state index contributed by atoms with van der Waals surface area (Å²) in [7, 11) is 0. The lowest BCUT2D eigenvalue weighted by Gasteiger charge is -2.14. The molecule has 8 aromatic carbocycles. The van der Waals surface area contributed by atoms with Crippen molar-refractivity contribution in [2.24, 2.45) is 0 Å². The first-order valence-corrected chi connectivity index (χ1v) is 19.3. The molecule has 0 aliphatic carbocycles. The molecule has 0 aliphatic rings. The van der Waals surface area contributed by atoms with Gasteiger partial charge in [-0.1, -0.05) is 146 Å². The second-order valence-corrected chi connectivity index (χ2v) is 14.6. The van der Waals surface area contributed by atoms with Crippen LogP contribution in [-0.2, 0) is 0 Å². The van der Waals surface area contributed by atoms with Crippen LogP contribution in [0.15, 0.2) is 199 Å². The normalized spacial score (nSPS) is 11.9. The van der Waals surface area contributed by atoms with Crippen molar-refractivity contribution in [1.29, 1.82) is 0 Å². The van der Waals surface area contributed by atoms with Gasteiger partial charge in [-0.15, -0.1) is 0 Å². The third-order valence-corrected chi connectivity index (χ3v) is 11.3. The van der Waals surface area contributed by atoms with E-state index < -0.39 is 0 Å². The molecule has 12 rings (SSSR count). The molecule has 0 N–H and O–H groups in total. The zero-order chi connectivity index (χ0) is 37.5. The summed E-state index contributed by atoms with van der Waals surface area (Å²) in [5, 5.41) is 6.69. The maximum atomic E-state index is 6.83. The van der Waals surface area contributed by atoms with Crippen molar-refractivity contribution in [3.05, 3.63) is 194 Å². The van der Waals surface area contributed by atoms with Crippen LogP contribution in [0.2, 0.25) is 0 Å². The van der Waals surface area contributed by atoms with Gasteiger partial charge in [-0.05, 0) is 54.1 Å². The van der Waals surface area contributed by atoms with Gasteiger partial charge in [0.15, 0.2) is 0 Å². The van der Waals surface area contributed by atoms with Crippen LogP contribution in [0, 0.1) is 0 Å². The summed E-state index contributed by atoms with van der Waals surface area (Å²) in [5.41, 5.74) is 13.1. The molecule has 0 fully saturated rings. The fourth-order valence-corrected chi connectivity index (χ4v) is 8.80. The molecule has 5 heteroatoms. The van der Waals surface area contributed by atoms with Gasteiger partial charge in [-0.25, -0.2) is 9.97 Å². The molecule has 0 saturated carbocycles. The predicted octanol–water partition coefficient (Wildman–Crippen LogP) is 13.6. The first kappa shape index (κ1) is 31.6. The highest BCUT2D eigenvalue weighted by molar-refractivity contribution is 6.27. The standard InChI is InChI=1S/C52H32N4O/c1-4-16-33(17-5-1)43-32-44(34-18-6-2-7-19-34)54-52(53-43)56-46-26-14-11-24-40(46)49-50(56)41(31-42-39-23-12-15-27-48(39)57-51(42)49)35-28-29-38-37-22-10-13-25-45(37)55(47(38)30-35)36-20-8-3-9-21-36/h1-32H. The molecule has 0 bridgehead atoms. The third-order valence-electron chi connectivity index (χ3n) is 11.3. The predicted molar refractivity (Wildman–Crippen MR) is 234 cm³/mol. The quantitative estimate of drug-likeness (QED) is 0.177. The molecule has 266 valence electrons. The Bertz CT molecular complexity index is 3450. The Balaban J connectivity index is 1.24. The van der Waals surface area contributed by atoms with Gasteiger partial charge in [0.2, 0.25) is 5.95 Å². The van der Waals surface area contributed by atoms with Crippen molar-refractivity contribution in [2.45, 2.75) is 0 Å². The zero-order valence-corrected chi connectivity index (χ0v) is 30.7. The second-order valence-electron chi connectivity index (χ2n) is 14.6. The molecule has 57 heavy (non-hydrogen) atoms.